The maximum atomic E-state index is 12.9. The molecule has 0 saturated heterocycles. The van der Waals surface area contributed by atoms with Crippen molar-refractivity contribution in [2.75, 3.05) is 11.9 Å². The van der Waals surface area contributed by atoms with Gasteiger partial charge in [-0.15, -0.1) is 0 Å². The Kier molecular flexibility index (Phi) is 6.21. The number of benzene rings is 2. The van der Waals surface area contributed by atoms with Crippen LogP contribution in [0.15, 0.2) is 54.6 Å². The summed E-state index contributed by atoms with van der Waals surface area (Å²) in [6, 6.07) is 17.5. The van der Waals surface area contributed by atoms with E-state index in [0.717, 1.165) is 17.7 Å². The number of amides is 1. The molecule has 23 heavy (non-hydrogen) atoms. The summed E-state index contributed by atoms with van der Waals surface area (Å²) in [5.74, 6) is 0.810. The summed E-state index contributed by atoms with van der Waals surface area (Å²) >= 11 is 0. The van der Waals surface area contributed by atoms with E-state index in [-0.39, 0.29) is 17.7 Å². The molecule has 2 rings (SSSR count). The Bertz CT molecular complexity index is 625. The Morgan fingerprint density at radius 2 is 1.70 bits per heavy atom. The molecule has 0 aliphatic carbocycles. The van der Waals surface area contributed by atoms with Gasteiger partial charge in [0.05, 0.1) is 18.2 Å². The van der Waals surface area contributed by atoms with Crippen LogP contribution in [0.25, 0.3) is 0 Å². The summed E-state index contributed by atoms with van der Waals surface area (Å²) in [6.07, 6.45) is 0.945. The molecule has 2 unspecified atom stereocenters. The van der Waals surface area contributed by atoms with Crippen molar-refractivity contribution < 1.29 is 9.53 Å². The number of rotatable bonds is 7. The minimum absolute atomic E-state index is 0.0118. The van der Waals surface area contributed by atoms with Crippen LogP contribution in [0.5, 0.6) is 5.75 Å². The quantitative estimate of drug-likeness (QED) is 0.793. The molecule has 0 spiro atoms. The van der Waals surface area contributed by atoms with Crippen molar-refractivity contribution in [1.82, 2.24) is 0 Å². The van der Waals surface area contributed by atoms with Crippen LogP contribution in [0.2, 0.25) is 0 Å². The van der Waals surface area contributed by atoms with Crippen LogP contribution in [0.4, 0.5) is 5.69 Å². The molecule has 0 aliphatic heterocycles. The smallest absolute Gasteiger partial charge is 0.232 e. The van der Waals surface area contributed by atoms with Gasteiger partial charge in [-0.25, -0.2) is 0 Å². The van der Waals surface area contributed by atoms with Gasteiger partial charge in [0.15, 0.2) is 0 Å². The first kappa shape index (κ1) is 17.1. The van der Waals surface area contributed by atoms with Crippen molar-refractivity contribution in [2.45, 2.75) is 33.1 Å². The Morgan fingerprint density at radius 3 is 2.35 bits per heavy atom. The van der Waals surface area contributed by atoms with E-state index in [1.54, 1.807) is 0 Å². The second kappa shape index (κ2) is 8.37. The van der Waals surface area contributed by atoms with Crippen molar-refractivity contribution in [3.8, 4) is 5.75 Å². The van der Waals surface area contributed by atoms with E-state index in [1.165, 1.54) is 0 Å². The van der Waals surface area contributed by atoms with Crippen molar-refractivity contribution in [3.05, 3.63) is 60.2 Å². The fraction of sp³-hybridized carbons (Fsp3) is 0.350. The number of carbonyl (C=O) groups excluding carboxylic acids is 1. The van der Waals surface area contributed by atoms with E-state index in [9.17, 15) is 4.79 Å². The predicted octanol–water partition coefficient (Wildman–Crippen LogP) is 4.85. The van der Waals surface area contributed by atoms with Crippen LogP contribution in [-0.4, -0.2) is 12.5 Å². The van der Waals surface area contributed by atoms with Crippen molar-refractivity contribution in [3.63, 3.8) is 0 Å². The first-order valence-electron chi connectivity index (χ1n) is 8.25. The SMILES string of the molecule is CCOc1ccccc1NC(=O)C(c1ccccc1)C(C)CC. The number of hydrogen-bond acceptors (Lipinski definition) is 2. The van der Waals surface area contributed by atoms with Crippen LogP contribution in [-0.2, 0) is 4.79 Å². The molecule has 0 aromatic heterocycles. The van der Waals surface area contributed by atoms with E-state index in [0.29, 0.717) is 12.4 Å². The highest BCUT2D eigenvalue weighted by Gasteiger charge is 2.26. The molecule has 2 aromatic carbocycles. The van der Waals surface area contributed by atoms with Gasteiger partial charge < -0.3 is 10.1 Å². The fourth-order valence-corrected chi connectivity index (χ4v) is 2.70. The molecular formula is C20H25NO2. The van der Waals surface area contributed by atoms with Crippen LogP contribution in [0.3, 0.4) is 0 Å². The van der Waals surface area contributed by atoms with E-state index in [1.807, 2.05) is 61.5 Å². The third kappa shape index (κ3) is 4.35. The van der Waals surface area contributed by atoms with Gasteiger partial charge in [-0.2, -0.15) is 0 Å². The van der Waals surface area contributed by atoms with Crippen LogP contribution in [0.1, 0.15) is 38.7 Å². The molecule has 122 valence electrons. The van der Waals surface area contributed by atoms with E-state index < -0.39 is 0 Å². The lowest BCUT2D eigenvalue weighted by Gasteiger charge is -2.23. The summed E-state index contributed by atoms with van der Waals surface area (Å²) in [6.45, 7) is 6.73. The molecule has 0 heterocycles. The zero-order valence-corrected chi connectivity index (χ0v) is 14.1. The van der Waals surface area contributed by atoms with Crippen molar-refractivity contribution >= 4 is 11.6 Å². The number of hydrogen-bond donors (Lipinski definition) is 1. The molecule has 0 bridgehead atoms. The first-order chi connectivity index (χ1) is 11.2. The average molecular weight is 311 g/mol. The highest BCUT2D eigenvalue weighted by Crippen LogP contribution is 2.30. The average Bonchev–Trinajstić information content (AvgIpc) is 2.58. The normalized spacial score (nSPS) is 13.2. The first-order valence-corrected chi connectivity index (χ1v) is 8.25. The van der Waals surface area contributed by atoms with E-state index in [2.05, 4.69) is 19.2 Å². The summed E-state index contributed by atoms with van der Waals surface area (Å²) in [5, 5.41) is 3.05. The largest absolute Gasteiger partial charge is 0.492 e. The highest BCUT2D eigenvalue weighted by atomic mass is 16.5. The molecule has 3 heteroatoms. The van der Waals surface area contributed by atoms with Crippen LogP contribution in [0, 0.1) is 5.92 Å². The summed E-state index contributed by atoms with van der Waals surface area (Å²) < 4.78 is 5.60. The summed E-state index contributed by atoms with van der Waals surface area (Å²) in [5.41, 5.74) is 1.77. The maximum Gasteiger partial charge on any atom is 0.232 e. The standard InChI is InChI=1S/C20H25NO2/c1-4-15(3)19(16-11-7-6-8-12-16)20(22)21-17-13-9-10-14-18(17)23-5-2/h6-15,19H,4-5H2,1-3H3,(H,21,22). The minimum Gasteiger partial charge on any atom is -0.492 e. The lowest BCUT2D eigenvalue weighted by molar-refractivity contribution is -0.118. The molecule has 0 radical (unpaired) electrons. The van der Waals surface area contributed by atoms with Gasteiger partial charge in [0.1, 0.15) is 5.75 Å². The molecule has 1 N–H and O–H groups in total. The molecule has 3 nitrogen and oxygen atoms in total. The second-order valence-corrected chi connectivity index (χ2v) is 5.69. The van der Waals surface area contributed by atoms with Gasteiger partial charge >= 0.3 is 0 Å². The Morgan fingerprint density at radius 1 is 1.04 bits per heavy atom. The van der Waals surface area contributed by atoms with Gasteiger partial charge in [-0.3, -0.25) is 4.79 Å². The van der Waals surface area contributed by atoms with Crippen LogP contribution >= 0.6 is 0 Å². The predicted molar refractivity (Wildman–Crippen MR) is 94.9 cm³/mol. The van der Waals surface area contributed by atoms with Gasteiger partial charge in [-0.05, 0) is 30.5 Å². The number of carbonyl (C=O) groups is 1. The zero-order valence-electron chi connectivity index (χ0n) is 14.1. The van der Waals surface area contributed by atoms with Crippen molar-refractivity contribution in [2.24, 2.45) is 5.92 Å². The van der Waals surface area contributed by atoms with E-state index >= 15 is 0 Å². The topological polar surface area (TPSA) is 38.3 Å². The molecule has 0 saturated carbocycles. The third-order valence-corrected chi connectivity index (χ3v) is 4.10. The van der Waals surface area contributed by atoms with Crippen LogP contribution < -0.4 is 10.1 Å². The molecular weight excluding hydrogens is 286 g/mol. The monoisotopic (exact) mass is 311 g/mol. The lowest BCUT2D eigenvalue weighted by Crippen LogP contribution is -2.26. The summed E-state index contributed by atoms with van der Waals surface area (Å²) in [4.78, 5) is 12.9. The second-order valence-electron chi connectivity index (χ2n) is 5.69. The lowest BCUT2D eigenvalue weighted by atomic mass is 9.85. The number of ether oxygens (including phenoxy) is 1. The molecule has 2 atom stereocenters. The van der Waals surface area contributed by atoms with Crippen molar-refractivity contribution in [1.29, 1.82) is 0 Å². The zero-order chi connectivity index (χ0) is 16.7. The molecule has 0 fully saturated rings. The number of anilines is 1. The highest BCUT2D eigenvalue weighted by molar-refractivity contribution is 5.97. The van der Waals surface area contributed by atoms with E-state index in [4.69, 9.17) is 4.74 Å². The third-order valence-electron chi connectivity index (χ3n) is 4.10. The maximum absolute atomic E-state index is 12.9. The molecule has 2 aromatic rings. The van der Waals surface area contributed by atoms with Gasteiger partial charge in [0.2, 0.25) is 5.91 Å². The van der Waals surface area contributed by atoms with Gasteiger partial charge in [-0.1, -0.05) is 62.7 Å². The Labute approximate surface area is 138 Å². The number of para-hydroxylation sites is 2. The molecule has 0 aliphatic rings. The Balaban J connectivity index is 2.25. The van der Waals surface area contributed by atoms with Gasteiger partial charge in [0, 0.05) is 0 Å². The number of nitrogens with one attached hydrogen (secondary N) is 1. The Hall–Kier alpha value is -2.29. The minimum atomic E-state index is -0.170. The fourth-order valence-electron chi connectivity index (χ4n) is 2.70. The summed E-state index contributed by atoms with van der Waals surface area (Å²) in [7, 11) is 0. The van der Waals surface area contributed by atoms with Gasteiger partial charge in [0.25, 0.3) is 0 Å². The molecule has 1 amide bonds.